The molecular formula is C26H23N3O4. The highest BCUT2D eigenvalue weighted by Crippen LogP contribution is 2.41. The SMILES string of the molecule is COc1ccc(NC(=O)CN2C(=O)c3ccccc3C2c2c[nH]c3ccccc23)c(OC)c1. The van der Waals surface area contributed by atoms with Crippen molar-refractivity contribution in [1.29, 1.82) is 0 Å². The Morgan fingerprint density at radius 3 is 2.61 bits per heavy atom. The molecule has 0 saturated heterocycles. The third-order valence-electron chi connectivity index (χ3n) is 5.97. The standard InChI is InChI=1S/C26H23N3O4/c1-32-16-11-12-22(23(13-16)33-2)28-24(30)15-29-25(18-8-3-4-9-19(18)26(29)31)20-14-27-21-10-6-5-7-17(20)21/h3-14,25,27H,15H2,1-2H3,(H,28,30). The summed E-state index contributed by atoms with van der Waals surface area (Å²) in [6, 6.07) is 20.2. The van der Waals surface area contributed by atoms with Crippen molar-refractivity contribution in [3.8, 4) is 11.5 Å². The first-order chi connectivity index (χ1) is 16.1. The van der Waals surface area contributed by atoms with Gasteiger partial charge in [-0.3, -0.25) is 9.59 Å². The lowest BCUT2D eigenvalue weighted by Crippen LogP contribution is -2.36. The predicted molar refractivity (Wildman–Crippen MR) is 126 cm³/mol. The largest absolute Gasteiger partial charge is 0.497 e. The van der Waals surface area contributed by atoms with Gasteiger partial charge >= 0.3 is 0 Å². The number of aromatic amines is 1. The molecule has 0 radical (unpaired) electrons. The molecule has 0 aliphatic carbocycles. The highest BCUT2D eigenvalue weighted by Gasteiger charge is 2.39. The molecule has 1 aromatic heterocycles. The first-order valence-electron chi connectivity index (χ1n) is 10.6. The summed E-state index contributed by atoms with van der Waals surface area (Å²) in [5.41, 5.74) is 3.95. The first-order valence-corrected chi connectivity index (χ1v) is 10.6. The van der Waals surface area contributed by atoms with Crippen LogP contribution in [0.15, 0.2) is 72.9 Å². The Hall–Kier alpha value is -4.26. The zero-order valence-electron chi connectivity index (χ0n) is 18.3. The van der Waals surface area contributed by atoms with E-state index in [-0.39, 0.29) is 24.4 Å². The number of carbonyl (C=O) groups excluding carboxylic acids is 2. The van der Waals surface area contributed by atoms with Crippen LogP contribution in [0.25, 0.3) is 10.9 Å². The predicted octanol–water partition coefficient (Wildman–Crippen LogP) is 4.37. The van der Waals surface area contributed by atoms with Gasteiger partial charge in [0, 0.05) is 34.3 Å². The van der Waals surface area contributed by atoms with Crippen LogP contribution in [0.5, 0.6) is 11.5 Å². The number of aromatic nitrogens is 1. The van der Waals surface area contributed by atoms with E-state index in [0.29, 0.717) is 22.7 Å². The second-order valence-corrected chi connectivity index (χ2v) is 7.83. The molecule has 7 nitrogen and oxygen atoms in total. The Morgan fingerprint density at radius 2 is 1.79 bits per heavy atom. The molecule has 2 heterocycles. The molecule has 1 atom stereocenters. The van der Waals surface area contributed by atoms with Gasteiger partial charge in [0.25, 0.3) is 5.91 Å². The molecule has 7 heteroatoms. The molecule has 4 aromatic rings. The van der Waals surface area contributed by atoms with Crippen molar-refractivity contribution in [3.63, 3.8) is 0 Å². The fraction of sp³-hybridized carbons (Fsp3) is 0.154. The number of hydrogen-bond donors (Lipinski definition) is 2. The number of nitrogens with zero attached hydrogens (tertiary/aromatic N) is 1. The summed E-state index contributed by atoms with van der Waals surface area (Å²) in [5, 5.41) is 3.89. The number of para-hydroxylation sites is 1. The van der Waals surface area contributed by atoms with Crippen LogP contribution in [0.4, 0.5) is 5.69 Å². The van der Waals surface area contributed by atoms with Crippen LogP contribution in [0, 0.1) is 0 Å². The Morgan fingerprint density at radius 1 is 1.00 bits per heavy atom. The molecule has 2 amide bonds. The lowest BCUT2D eigenvalue weighted by molar-refractivity contribution is -0.117. The van der Waals surface area contributed by atoms with Crippen molar-refractivity contribution in [2.75, 3.05) is 26.1 Å². The number of fused-ring (bicyclic) bond motifs is 2. The summed E-state index contributed by atoms with van der Waals surface area (Å²) in [7, 11) is 3.09. The number of rotatable bonds is 6. The van der Waals surface area contributed by atoms with Gasteiger partial charge in [-0.05, 0) is 29.8 Å². The molecule has 1 aliphatic rings. The van der Waals surface area contributed by atoms with E-state index < -0.39 is 0 Å². The number of nitrogens with one attached hydrogen (secondary N) is 2. The number of hydrogen-bond acceptors (Lipinski definition) is 4. The van der Waals surface area contributed by atoms with Crippen LogP contribution in [0.2, 0.25) is 0 Å². The maximum Gasteiger partial charge on any atom is 0.255 e. The highest BCUT2D eigenvalue weighted by atomic mass is 16.5. The minimum atomic E-state index is -0.367. The van der Waals surface area contributed by atoms with Gasteiger partial charge in [-0.2, -0.15) is 0 Å². The zero-order chi connectivity index (χ0) is 22.9. The third-order valence-corrected chi connectivity index (χ3v) is 5.97. The van der Waals surface area contributed by atoms with Crippen LogP contribution in [0.3, 0.4) is 0 Å². The van der Waals surface area contributed by atoms with Crippen LogP contribution in [-0.2, 0) is 4.79 Å². The van der Waals surface area contributed by atoms with Gasteiger partial charge < -0.3 is 24.7 Å². The molecule has 1 aliphatic heterocycles. The van der Waals surface area contributed by atoms with Gasteiger partial charge in [0.15, 0.2) is 0 Å². The van der Waals surface area contributed by atoms with E-state index in [4.69, 9.17) is 9.47 Å². The number of ether oxygens (including phenoxy) is 2. The van der Waals surface area contributed by atoms with Crippen molar-refractivity contribution in [3.05, 3.63) is 89.6 Å². The summed E-state index contributed by atoms with van der Waals surface area (Å²) < 4.78 is 10.6. The molecule has 0 bridgehead atoms. The third kappa shape index (κ3) is 3.57. The molecule has 2 N–H and O–H groups in total. The number of carbonyl (C=O) groups is 2. The minimum Gasteiger partial charge on any atom is -0.497 e. The Labute approximate surface area is 190 Å². The molecule has 0 fully saturated rings. The Bertz CT molecular complexity index is 1360. The summed E-state index contributed by atoms with van der Waals surface area (Å²) in [6.45, 7) is -0.104. The fourth-order valence-electron chi connectivity index (χ4n) is 4.44. The number of amides is 2. The van der Waals surface area contributed by atoms with Gasteiger partial charge in [0.05, 0.1) is 25.9 Å². The van der Waals surface area contributed by atoms with Crippen molar-refractivity contribution in [2.24, 2.45) is 0 Å². The monoisotopic (exact) mass is 441 g/mol. The van der Waals surface area contributed by atoms with E-state index in [9.17, 15) is 9.59 Å². The molecule has 5 rings (SSSR count). The van der Waals surface area contributed by atoms with Gasteiger partial charge in [0.2, 0.25) is 5.91 Å². The summed E-state index contributed by atoms with van der Waals surface area (Å²) in [5.74, 6) is 0.614. The van der Waals surface area contributed by atoms with Crippen LogP contribution in [-0.4, -0.2) is 42.5 Å². The molecule has 33 heavy (non-hydrogen) atoms. The van der Waals surface area contributed by atoms with Gasteiger partial charge in [-0.15, -0.1) is 0 Å². The molecule has 3 aromatic carbocycles. The van der Waals surface area contributed by atoms with E-state index >= 15 is 0 Å². The van der Waals surface area contributed by atoms with E-state index in [1.165, 1.54) is 7.11 Å². The second-order valence-electron chi connectivity index (χ2n) is 7.83. The molecule has 1 unspecified atom stereocenters. The van der Waals surface area contributed by atoms with E-state index in [1.54, 1.807) is 30.2 Å². The average Bonchev–Trinajstić information content (AvgIpc) is 3.38. The number of anilines is 1. The van der Waals surface area contributed by atoms with Crippen LogP contribution in [0.1, 0.15) is 27.5 Å². The maximum atomic E-state index is 13.3. The molecule has 166 valence electrons. The number of H-pyrrole nitrogens is 1. The van der Waals surface area contributed by atoms with Gasteiger partial charge in [-0.25, -0.2) is 0 Å². The van der Waals surface area contributed by atoms with Crippen molar-refractivity contribution < 1.29 is 19.1 Å². The van der Waals surface area contributed by atoms with Crippen molar-refractivity contribution in [1.82, 2.24) is 9.88 Å². The molecule has 0 saturated carbocycles. The Kier molecular flexibility index (Phi) is 5.22. The summed E-state index contributed by atoms with van der Waals surface area (Å²) in [4.78, 5) is 31.3. The smallest absolute Gasteiger partial charge is 0.255 e. The second kappa shape index (κ2) is 8.35. The minimum absolute atomic E-state index is 0.104. The number of methoxy groups -OCH3 is 2. The fourth-order valence-corrected chi connectivity index (χ4v) is 4.44. The van der Waals surface area contributed by atoms with Gasteiger partial charge in [0.1, 0.15) is 18.0 Å². The maximum absolute atomic E-state index is 13.3. The van der Waals surface area contributed by atoms with Crippen LogP contribution >= 0.6 is 0 Å². The first kappa shape index (κ1) is 20.6. The zero-order valence-corrected chi connectivity index (χ0v) is 18.3. The average molecular weight is 441 g/mol. The summed E-state index contributed by atoms with van der Waals surface area (Å²) in [6.07, 6.45) is 1.92. The lowest BCUT2D eigenvalue weighted by Gasteiger charge is -2.25. The van der Waals surface area contributed by atoms with E-state index in [0.717, 1.165) is 22.0 Å². The Balaban J connectivity index is 1.48. The quantitative estimate of drug-likeness (QED) is 0.465. The van der Waals surface area contributed by atoms with Crippen LogP contribution < -0.4 is 14.8 Å². The normalized spacial score (nSPS) is 14.9. The van der Waals surface area contributed by atoms with E-state index in [1.807, 2.05) is 54.7 Å². The van der Waals surface area contributed by atoms with Crippen molar-refractivity contribution in [2.45, 2.75) is 6.04 Å². The summed E-state index contributed by atoms with van der Waals surface area (Å²) >= 11 is 0. The molecular weight excluding hydrogens is 418 g/mol. The molecule has 0 spiro atoms. The van der Waals surface area contributed by atoms with E-state index in [2.05, 4.69) is 10.3 Å². The van der Waals surface area contributed by atoms with Gasteiger partial charge in [-0.1, -0.05) is 36.4 Å². The topological polar surface area (TPSA) is 83.7 Å². The highest BCUT2D eigenvalue weighted by molar-refractivity contribution is 6.04. The number of benzene rings is 3. The lowest BCUT2D eigenvalue weighted by atomic mass is 9.97. The van der Waals surface area contributed by atoms with Crippen molar-refractivity contribution >= 4 is 28.4 Å².